The van der Waals surface area contributed by atoms with Crippen molar-refractivity contribution >= 4 is 28.5 Å². The van der Waals surface area contributed by atoms with Gasteiger partial charge in [0.2, 0.25) is 11.1 Å². The zero-order chi connectivity index (χ0) is 16.6. The molecule has 1 aliphatic rings. The first-order valence-corrected chi connectivity index (χ1v) is 7.88. The fourth-order valence-corrected chi connectivity index (χ4v) is 3.98. The molecule has 6 nitrogen and oxygen atoms in total. The van der Waals surface area contributed by atoms with Crippen molar-refractivity contribution in [2.45, 2.75) is 25.2 Å². The maximum absolute atomic E-state index is 13.4. The number of thiazole rings is 1. The second-order valence-corrected chi connectivity index (χ2v) is 6.43. The monoisotopic (exact) mass is 334 g/mol. The molecule has 1 atom stereocenters. The van der Waals surface area contributed by atoms with Gasteiger partial charge in [-0.1, -0.05) is 12.1 Å². The molecule has 1 amide bonds. The Morgan fingerprint density at radius 1 is 1.52 bits per heavy atom. The number of guanidine groups is 1. The number of fused-ring (bicyclic) bond motifs is 1. The molecular weight excluding hydrogens is 319 g/mol. The molecular formula is C15H15FN4O2S. The van der Waals surface area contributed by atoms with Gasteiger partial charge in [0.15, 0.2) is 0 Å². The second-order valence-electron chi connectivity index (χ2n) is 5.36. The number of nitrogens with zero attached hydrogens (tertiary/aromatic N) is 2. The Morgan fingerprint density at radius 2 is 2.30 bits per heavy atom. The predicted molar refractivity (Wildman–Crippen MR) is 85.7 cm³/mol. The number of rotatable bonds is 2. The number of aromatic nitrogens is 1. The van der Waals surface area contributed by atoms with Crippen LogP contribution in [-0.4, -0.2) is 22.1 Å². The van der Waals surface area contributed by atoms with Crippen LogP contribution >= 0.6 is 11.3 Å². The normalized spacial score (nSPS) is 16.7. The van der Waals surface area contributed by atoms with Crippen molar-refractivity contribution in [2.75, 3.05) is 4.90 Å². The molecule has 0 aliphatic heterocycles. The molecule has 3 rings (SSSR count). The maximum atomic E-state index is 13.4. The van der Waals surface area contributed by atoms with Gasteiger partial charge in [0.05, 0.1) is 5.69 Å². The van der Waals surface area contributed by atoms with Crippen LogP contribution in [0, 0.1) is 11.2 Å². The predicted octanol–water partition coefficient (Wildman–Crippen LogP) is 2.93. The van der Waals surface area contributed by atoms with E-state index in [0.717, 1.165) is 22.6 Å². The van der Waals surface area contributed by atoms with E-state index < -0.39 is 12.1 Å². The summed E-state index contributed by atoms with van der Waals surface area (Å²) in [5.41, 5.74) is 7.09. The summed E-state index contributed by atoms with van der Waals surface area (Å²) in [4.78, 5) is 17.1. The van der Waals surface area contributed by atoms with Crippen molar-refractivity contribution in [1.82, 2.24) is 4.98 Å². The van der Waals surface area contributed by atoms with E-state index in [9.17, 15) is 9.18 Å². The minimum Gasteiger partial charge on any atom is -0.464 e. The Kier molecular flexibility index (Phi) is 3.99. The van der Waals surface area contributed by atoms with Gasteiger partial charge in [0, 0.05) is 4.88 Å². The van der Waals surface area contributed by atoms with E-state index in [1.165, 1.54) is 23.5 Å². The maximum Gasteiger partial charge on any atom is 0.420 e. The van der Waals surface area contributed by atoms with Gasteiger partial charge in [0.25, 0.3) is 0 Å². The van der Waals surface area contributed by atoms with E-state index in [4.69, 9.17) is 16.2 Å². The van der Waals surface area contributed by atoms with Crippen molar-refractivity contribution in [3.63, 3.8) is 0 Å². The van der Waals surface area contributed by atoms with Crippen molar-refractivity contribution < 1.29 is 14.3 Å². The van der Waals surface area contributed by atoms with Crippen molar-refractivity contribution in [1.29, 1.82) is 5.41 Å². The number of hydrogen-bond donors (Lipinski definition) is 3. The Morgan fingerprint density at radius 3 is 2.96 bits per heavy atom. The minimum absolute atomic E-state index is 0.183. The first-order chi connectivity index (χ1) is 11.0. The lowest BCUT2D eigenvalue weighted by Gasteiger charge is -2.21. The molecule has 0 saturated carbocycles. The number of halogens is 1. The number of hydrogen-bond acceptors (Lipinski definition) is 4. The van der Waals surface area contributed by atoms with Crippen LogP contribution in [0.3, 0.4) is 0 Å². The smallest absolute Gasteiger partial charge is 0.420 e. The largest absolute Gasteiger partial charge is 0.464 e. The fourth-order valence-electron chi connectivity index (χ4n) is 2.79. The zero-order valence-corrected chi connectivity index (χ0v) is 12.9. The van der Waals surface area contributed by atoms with Crippen LogP contribution < -0.4 is 10.6 Å². The van der Waals surface area contributed by atoms with Gasteiger partial charge in [-0.3, -0.25) is 5.41 Å². The van der Waals surface area contributed by atoms with E-state index >= 15 is 0 Å². The number of carbonyl (C=O) groups is 1. The van der Waals surface area contributed by atoms with Crippen molar-refractivity contribution in [3.05, 3.63) is 46.2 Å². The third-order valence-electron chi connectivity index (χ3n) is 3.87. The highest BCUT2D eigenvalue weighted by Gasteiger charge is 2.28. The van der Waals surface area contributed by atoms with Crippen LogP contribution in [0.5, 0.6) is 0 Å². The molecule has 23 heavy (non-hydrogen) atoms. The topological polar surface area (TPSA) is 103 Å². The van der Waals surface area contributed by atoms with E-state index in [2.05, 4.69) is 4.98 Å². The third-order valence-corrected chi connectivity index (χ3v) is 4.98. The Bertz CT molecular complexity index is 763. The molecule has 120 valence electrons. The van der Waals surface area contributed by atoms with Gasteiger partial charge < -0.3 is 10.8 Å². The van der Waals surface area contributed by atoms with Gasteiger partial charge >= 0.3 is 6.09 Å². The van der Waals surface area contributed by atoms with Crippen LogP contribution in [-0.2, 0) is 12.8 Å². The number of carboxylic acid groups (broad SMARTS) is 1. The number of benzene rings is 1. The van der Waals surface area contributed by atoms with Gasteiger partial charge in [0.1, 0.15) is 5.82 Å². The second kappa shape index (κ2) is 5.96. The first-order valence-electron chi connectivity index (χ1n) is 7.07. The highest BCUT2D eigenvalue weighted by atomic mass is 32.1. The van der Waals surface area contributed by atoms with Crippen molar-refractivity contribution in [2.24, 2.45) is 5.73 Å². The SMILES string of the molecule is N=C(N)N(C(=O)O)c1nc2c(s1)CC(c1cccc(F)c1)CC2. The molecule has 1 aromatic carbocycles. The van der Waals surface area contributed by atoms with Gasteiger partial charge in [-0.05, 0) is 42.9 Å². The highest BCUT2D eigenvalue weighted by molar-refractivity contribution is 7.16. The number of nitrogens with one attached hydrogen (secondary N) is 1. The lowest BCUT2D eigenvalue weighted by molar-refractivity contribution is 0.205. The molecule has 1 aliphatic carbocycles. The molecule has 1 heterocycles. The van der Waals surface area contributed by atoms with Crippen LogP contribution in [0.4, 0.5) is 14.3 Å². The Labute approximate surface area is 135 Å². The molecule has 1 aromatic heterocycles. The molecule has 0 radical (unpaired) electrons. The average molecular weight is 334 g/mol. The summed E-state index contributed by atoms with van der Waals surface area (Å²) >= 11 is 1.22. The quantitative estimate of drug-likeness (QED) is 0.580. The molecule has 0 spiro atoms. The Balaban J connectivity index is 1.87. The first kappa shape index (κ1) is 15.4. The molecule has 0 saturated heterocycles. The van der Waals surface area contributed by atoms with E-state index in [0.29, 0.717) is 17.7 Å². The van der Waals surface area contributed by atoms with Crippen LogP contribution in [0.1, 0.15) is 28.5 Å². The summed E-state index contributed by atoms with van der Waals surface area (Å²) in [5.74, 6) is -0.653. The molecule has 2 aromatic rings. The molecule has 0 fully saturated rings. The molecule has 0 bridgehead atoms. The number of nitrogens with two attached hydrogens (primary N) is 1. The summed E-state index contributed by atoms with van der Waals surface area (Å²) in [6, 6.07) is 6.55. The van der Waals surface area contributed by atoms with Crippen LogP contribution in [0.15, 0.2) is 24.3 Å². The lowest BCUT2D eigenvalue weighted by Crippen LogP contribution is -2.40. The van der Waals surface area contributed by atoms with Gasteiger partial charge in [-0.15, -0.1) is 11.3 Å². The fraction of sp³-hybridized carbons (Fsp3) is 0.267. The summed E-state index contributed by atoms with van der Waals surface area (Å²) in [7, 11) is 0. The highest BCUT2D eigenvalue weighted by Crippen LogP contribution is 2.38. The van der Waals surface area contributed by atoms with E-state index in [1.807, 2.05) is 6.07 Å². The summed E-state index contributed by atoms with van der Waals surface area (Å²) in [6.07, 6.45) is 0.873. The van der Waals surface area contributed by atoms with Gasteiger partial charge in [-0.2, -0.15) is 4.90 Å². The average Bonchev–Trinajstić information content (AvgIpc) is 2.88. The third kappa shape index (κ3) is 3.02. The minimum atomic E-state index is -1.33. The summed E-state index contributed by atoms with van der Waals surface area (Å²) < 4.78 is 13.4. The lowest BCUT2D eigenvalue weighted by atomic mass is 9.85. The molecule has 4 N–H and O–H groups in total. The van der Waals surface area contributed by atoms with Crippen LogP contribution in [0.25, 0.3) is 0 Å². The summed E-state index contributed by atoms with van der Waals surface area (Å²) in [5, 5.41) is 16.7. The molecule has 1 unspecified atom stereocenters. The Hall–Kier alpha value is -2.48. The van der Waals surface area contributed by atoms with E-state index in [-0.39, 0.29) is 16.9 Å². The number of aryl methyl sites for hydroxylation is 1. The molecule has 8 heteroatoms. The summed E-state index contributed by atoms with van der Waals surface area (Å²) in [6.45, 7) is 0. The van der Waals surface area contributed by atoms with E-state index in [1.54, 1.807) is 6.07 Å². The number of amides is 1. The van der Waals surface area contributed by atoms with Crippen molar-refractivity contribution in [3.8, 4) is 0 Å². The van der Waals surface area contributed by atoms with Crippen LogP contribution in [0.2, 0.25) is 0 Å². The standard InChI is InChI=1S/C15H15FN4O2S/c16-10-3-1-2-8(6-10)9-4-5-11-12(7-9)23-14(19-11)20(13(17)18)15(21)22/h1-3,6,9H,4-5,7H2,(H3,17,18)(H,21,22). The zero-order valence-electron chi connectivity index (χ0n) is 12.1. The number of anilines is 1. The van der Waals surface area contributed by atoms with Gasteiger partial charge in [-0.25, -0.2) is 14.2 Å².